The Balaban J connectivity index is 2.82. The number of methoxy groups -OCH3 is 2. The van der Waals surface area contributed by atoms with Crippen LogP contribution < -0.4 is 9.47 Å². The van der Waals surface area contributed by atoms with Gasteiger partial charge in [0.1, 0.15) is 11.0 Å². The highest BCUT2D eigenvalue weighted by Gasteiger charge is 2.16. The van der Waals surface area contributed by atoms with E-state index >= 15 is 0 Å². The van der Waals surface area contributed by atoms with Crippen molar-refractivity contribution >= 4 is 22.8 Å². The van der Waals surface area contributed by atoms with E-state index in [9.17, 15) is 10.1 Å². The van der Waals surface area contributed by atoms with Gasteiger partial charge in [-0.05, 0) is 0 Å². The number of nitrogens with zero attached hydrogens (tertiary/aromatic N) is 3. The van der Waals surface area contributed by atoms with Crippen LogP contribution in [0.2, 0.25) is 0 Å². The van der Waals surface area contributed by atoms with Crippen LogP contribution in [0.15, 0.2) is 18.7 Å². The van der Waals surface area contributed by atoms with Crippen LogP contribution >= 0.6 is 0 Å². The highest BCUT2D eigenvalue weighted by Crippen LogP contribution is 2.30. The summed E-state index contributed by atoms with van der Waals surface area (Å²) in [6.45, 7) is 3.62. The molecule has 0 N–H and O–H groups in total. The second kappa shape index (κ2) is 4.89. The van der Waals surface area contributed by atoms with Crippen molar-refractivity contribution in [3.05, 3.63) is 34.4 Å². The number of rotatable bonds is 4. The van der Waals surface area contributed by atoms with E-state index < -0.39 is 4.92 Å². The third kappa shape index (κ3) is 2.17. The van der Waals surface area contributed by atoms with Gasteiger partial charge in [-0.15, -0.1) is 0 Å². The quantitative estimate of drug-likeness (QED) is 0.619. The zero-order valence-electron chi connectivity index (χ0n) is 10.4. The van der Waals surface area contributed by atoms with Crippen LogP contribution in [0.5, 0.6) is 11.8 Å². The molecule has 0 aliphatic rings. The van der Waals surface area contributed by atoms with E-state index in [0.717, 1.165) is 0 Å². The molecule has 0 saturated heterocycles. The predicted molar refractivity (Wildman–Crippen MR) is 69.4 cm³/mol. The van der Waals surface area contributed by atoms with Gasteiger partial charge in [-0.2, -0.15) is 0 Å². The van der Waals surface area contributed by atoms with Crippen LogP contribution in [0.1, 0.15) is 5.56 Å². The number of fused-ring (bicyclic) bond motifs is 1. The van der Waals surface area contributed by atoms with Gasteiger partial charge in [-0.25, -0.2) is 9.97 Å². The Labute approximate surface area is 108 Å². The minimum absolute atomic E-state index is 0.0797. The second-order valence-electron chi connectivity index (χ2n) is 3.61. The molecule has 2 aromatic rings. The van der Waals surface area contributed by atoms with E-state index in [4.69, 9.17) is 9.47 Å². The maximum Gasteiger partial charge on any atom is 0.278 e. The van der Waals surface area contributed by atoms with E-state index in [0.29, 0.717) is 16.6 Å². The lowest BCUT2D eigenvalue weighted by Gasteiger charge is -2.08. The molecule has 0 radical (unpaired) electrons. The first-order chi connectivity index (χ1) is 9.10. The first-order valence-electron chi connectivity index (χ1n) is 5.31. The molecule has 0 fully saturated rings. The molecular weight excluding hydrogens is 250 g/mol. The van der Waals surface area contributed by atoms with Crippen molar-refractivity contribution in [2.45, 2.75) is 0 Å². The lowest BCUT2D eigenvalue weighted by Crippen LogP contribution is -1.99. The average molecular weight is 261 g/mol. The zero-order valence-corrected chi connectivity index (χ0v) is 10.4. The molecule has 0 saturated carbocycles. The van der Waals surface area contributed by atoms with Gasteiger partial charge in [0, 0.05) is 17.7 Å². The molecule has 1 aromatic carbocycles. The smallest absolute Gasteiger partial charge is 0.278 e. The highest BCUT2D eigenvalue weighted by atomic mass is 16.6. The molecule has 1 aromatic heterocycles. The first-order valence-corrected chi connectivity index (χ1v) is 5.31. The molecule has 7 heteroatoms. The normalized spacial score (nSPS) is 10.2. The summed E-state index contributed by atoms with van der Waals surface area (Å²) in [6, 6.07) is 2.72. The van der Waals surface area contributed by atoms with Crippen LogP contribution in [0, 0.1) is 10.1 Å². The molecule has 1 heterocycles. The molecule has 0 spiro atoms. The van der Waals surface area contributed by atoms with Crippen molar-refractivity contribution in [1.82, 2.24) is 9.97 Å². The predicted octanol–water partition coefficient (Wildman–Crippen LogP) is 2.20. The van der Waals surface area contributed by atoms with Gasteiger partial charge in [0.05, 0.1) is 19.1 Å². The number of ether oxygens (including phenoxy) is 2. The molecule has 0 aliphatic heterocycles. The molecule has 0 aliphatic carbocycles. The lowest BCUT2D eigenvalue weighted by atomic mass is 10.1. The van der Waals surface area contributed by atoms with Gasteiger partial charge in [-0.3, -0.25) is 10.1 Å². The number of hydrogen-bond acceptors (Lipinski definition) is 6. The first kappa shape index (κ1) is 12.7. The number of aromatic nitrogens is 2. The van der Waals surface area contributed by atoms with Crippen molar-refractivity contribution in [3.63, 3.8) is 0 Å². The Bertz CT molecular complexity index is 670. The summed E-state index contributed by atoms with van der Waals surface area (Å²) in [7, 11) is 2.86. The number of nitro groups is 1. The van der Waals surface area contributed by atoms with E-state index in [2.05, 4.69) is 16.5 Å². The fourth-order valence-corrected chi connectivity index (χ4v) is 1.67. The SMILES string of the molecule is C=Cc1cc([N+](=O)[O-])cc2nc(OC)c(OC)nc12. The van der Waals surface area contributed by atoms with Gasteiger partial charge in [0.15, 0.2) is 0 Å². The summed E-state index contributed by atoms with van der Waals surface area (Å²) in [4.78, 5) is 18.7. The summed E-state index contributed by atoms with van der Waals surface area (Å²) >= 11 is 0. The van der Waals surface area contributed by atoms with E-state index in [1.807, 2.05) is 0 Å². The van der Waals surface area contributed by atoms with Crippen LogP contribution in [0.25, 0.3) is 17.1 Å². The van der Waals surface area contributed by atoms with E-state index in [1.54, 1.807) is 0 Å². The van der Waals surface area contributed by atoms with Crippen molar-refractivity contribution in [1.29, 1.82) is 0 Å². The molecule has 2 rings (SSSR count). The Morgan fingerprint density at radius 1 is 1.26 bits per heavy atom. The molecule has 0 unspecified atom stereocenters. The summed E-state index contributed by atoms with van der Waals surface area (Å²) in [5, 5.41) is 10.9. The Hall–Kier alpha value is -2.70. The van der Waals surface area contributed by atoms with Crippen molar-refractivity contribution < 1.29 is 14.4 Å². The summed E-state index contributed by atoms with van der Waals surface area (Å²) in [6.07, 6.45) is 1.48. The summed E-state index contributed by atoms with van der Waals surface area (Å²) in [5.74, 6) is 0.387. The Morgan fingerprint density at radius 2 is 1.89 bits per heavy atom. The third-order valence-electron chi connectivity index (χ3n) is 2.54. The van der Waals surface area contributed by atoms with Crippen molar-refractivity contribution in [2.75, 3.05) is 14.2 Å². The third-order valence-corrected chi connectivity index (χ3v) is 2.54. The topological polar surface area (TPSA) is 87.4 Å². The molecule has 19 heavy (non-hydrogen) atoms. The largest absolute Gasteiger partial charge is 0.477 e. The molecule has 0 bridgehead atoms. The molecule has 7 nitrogen and oxygen atoms in total. The Morgan fingerprint density at radius 3 is 2.42 bits per heavy atom. The molecule has 0 atom stereocenters. The second-order valence-corrected chi connectivity index (χ2v) is 3.61. The standard InChI is InChI=1S/C12H11N3O4/c1-4-7-5-8(15(16)17)6-9-10(7)14-12(19-3)11(13-9)18-2/h4-6H,1H2,2-3H3. The van der Waals surface area contributed by atoms with Gasteiger partial charge in [0.25, 0.3) is 17.4 Å². The van der Waals surface area contributed by atoms with Gasteiger partial charge in [-0.1, -0.05) is 12.7 Å². The monoisotopic (exact) mass is 261 g/mol. The van der Waals surface area contributed by atoms with E-state index in [-0.39, 0.29) is 17.4 Å². The molecule has 98 valence electrons. The summed E-state index contributed by atoms with van der Waals surface area (Å²) < 4.78 is 10.1. The van der Waals surface area contributed by atoms with Gasteiger partial charge < -0.3 is 9.47 Å². The van der Waals surface area contributed by atoms with Gasteiger partial charge in [0.2, 0.25) is 0 Å². The van der Waals surface area contributed by atoms with Gasteiger partial charge >= 0.3 is 0 Å². The van der Waals surface area contributed by atoms with E-state index in [1.165, 1.54) is 32.4 Å². The van der Waals surface area contributed by atoms with Crippen LogP contribution in [0.3, 0.4) is 0 Å². The van der Waals surface area contributed by atoms with Crippen LogP contribution in [-0.2, 0) is 0 Å². The fourth-order valence-electron chi connectivity index (χ4n) is 1.67. The lowest BCUT2D eigenvalue weighted by molar-refractivity contribution is -0.384. The average Bonchev–Trinajstić information content (AvgIpc) is 2.44. The van der Waals surface area contributed by atoms with Crippen LogP contribution in [-0.4, -0.2) is 29.1 Å². The zero-order chi connectivity index (χ0) is 14.0. The molecule has 0 amide bonds. The van der Waals surface area contributed by atoms with Crippen molar-refractivity contribution in [2.24, 2.45) is 0 Å². The maximum atomic E-state index is 10.9. The molecular formula is C12H11N3O4. The number of nitro benzene ring substituents is 1. The Kier molecular flexibility index (Phi) is 3.28. The van der Waals surface area contributed by atoms with Crippen LogP contribution in [0.4, 0.5) is 5.69 Å². The summed E-state index contributed by atoms with van der Waals surface area (Å²) in [5.41, 5.74) is 1.25. The number of non-ortho nitro benzene ring substituents is 1. The highest BCUT2D eigenvalue weighted by molar-refractivity contribution is 5.87. The minimum atomic E-state index is -0.495. The van der Waals surface area contributed by atoms with Crippen molar-refractivity contribution in [3.8, 4) is 11.8 Å². The number of hydrogen-bond donors (Lipinski definition) is 0. The maximum absolute atomic E-state index is 10.9. The number of benzene rings is 1. The fraction of sp³-hybridized carbons (Fsp3) is 0.167. The minimum Gasteiger partial charge on any atom is -0.477 e.